The van der Waals surface area contributed by atoms with E-state index in [2.05, 4.69) is 30.9 Å². The molecule has 156 valence electrons. The highest BCUT2D eigenvalue weighted by Gasteiger charge is 2.25. The number of phenolic OH excluding ortho intramolecular Hbond substituents is 2. The summed E-state index contributed by atoms with van der Waals surface area (Å²) in [4.78, 5) is 37.5. The number of nitrogens with zero attached hydrogens (tertiary/aromatic N) is 4. The molecule has 0 saturated carbocycles. The van der Waals surface area contributed by atoms with E-state index in [1.54, 1.807) is 4.57 Å². The number of carbonyl (C=O) groups excluding carboxylic acids is 2. The SMILES string of the molecule is N=c1ncn(CCN2C(=O)CCCC2=O)c2nc(Sc3cc(O)c(O)cc3Br)[nH]c12. The molecule has 0 aliphatic carbocycles. The molecule has 12 heteroatoms. The number of imidazole rings is 1. The number of amides is 2. The first-order valence-corrected chi connectivity index (χ1v) is 10.7. The van der Waals surface area contributed by atoms with Gasteiger partial charge in [0.25, 0.3) is 0 Å². The van der Waals surface area contributed by atoms with Gasteiger partial charge in [-0.15, -0.1) is 0 Å². The first-order valence-electron chi connectivity index (χ1n) is 9.05. The van der Waals surface area contributed by atoms with E-state index in [9.17, 15) is 19.8 Å². The quantitative estimate of drug-likeness (QED) is 0.314. The highest BCUT2D eigenvalue weighted by atomic mass is 79.9. The van der Waals surface area contributed by atoms with E-state index in [1.807, 2.05) is 0 Å². The molecule has 1 fully saturated rings. The molecular weight excluding hydrogens is 476 g/mol. The average molecular weight is 493 g/mol. The van der Waals surface area contributed by atoms with E-state index < -0.39 is 0 Å². The van der Waals surface area contributed by atoms with Crippen LogP contribution < -0.4 is 5.49 Å². The lowest BCUT2D eigenvalue weighted by molar-refractivity contribution is -0.148. The molecule has 2 amide bonds. The fourth-order valence-electron chi connectivity index (χ4n) is 3.15. The lowest BCUT2D eigenvalue weighted by atomic mass is 10.1. The van der Waals surface area contributed by atoms with Crippen LogP contribution in [0, 0.1) is 5.41 Å². The van der Waals surface area contributed by atoms with Gasteiger partial charge in [0.1, 0.15) is 5.52 Å². The molecule has 10 nitrogen and oxygen atoms in total. The standard InChI is InChI=1S/C18H17BrN6O4S/c19-9-6-10(26)11(27)7-12(9)30-18-22-15-16(20)21-8-24(17(15)23-18)4-5-25-13(28)2-1-3-14(25)29/h6-8,20,26-27H,1-5H2,(H,22,23). The van der Waals surface area contributed by atoms with Crippen LogP contribution >= 0.6 is 27.7 Å². The third-order valence-electron chi connectivity index (χ3n) is 4.68. The van der Waals surface area contributed by atoms with Crippen molar-refractivity contribution in [3.63, 3.8) is 0 Å². The second kappa shape index (κ2) is 8.11. The Bertz CT molecular complexity index is 1210. The van der Waals surface area contributed by atoms with Crippen molar-refractivity contribution < 1.29 is 19.8 Å². The topological polar surface area (TPSA) is 148 Å². The molecule has 0 unspecified atom stereocenters. The van der Waals surface area contributed by atoms with Gasteiger partial charge in [-0.1, -0.05) is 11.8 Å². The molecular formula is C18H17BrN6O4S. The molecule has 0 atom stereocenters. The number of aromatic nitrogens is 4. The minimum absolute atomic E-state index is 0.0124. The summed E-state index contributed by atoms with van der Waals surface area (Å²) in [6, 6.07) is 2.78. The zero-order chi connectivity index (χ0) is 21.4. The van der Waals surface area contributed by atoms with Gasteiger partial charge in [0.05, 0.1) is 6.33 Å². The number of phenols is 2. The summed E-state index contributed by atoms with van der Waals surface area (Å²) in [6.07, 6.45) is 2.78. The van der Waals surface area contributed by atoms with Crippen LogP contribution in [0.2, 0.25) is 0 Å². The van der Waals surface area contributed by atoms with Crippen molar-refractivity contribution in [1.29, 1.82) is 5.41 Å². The number of halogens is 1. The van der Waals surface area contributed by atoms with Gasteiger partial charge in [-0.3, -0.25) is 19.9 Å². The van der Waals surface area contributed by atoms with Crippen LogP contribution in [0.25, 0.3) is 11.2 Å². The van der Waals surface area contributed by atoms with E-state index >= 15 is 0 Å². The van der Waals surface area contributed by atoms with Crippen LogP contribution in [0.3, 0.4) is 0 Å². The third-order valence-corrected chi connectivity index (χ3v) is 6.54. The first kappa shape index (κ1) is 20.4. The highest BCUT2D eigenvalue weighted by Crippen LogP contribution is 2.39. The van der Waals surface area contributed by atoms with Gasteiger partial charge in [-0.25, -0.2) is 9.97 Å². The Morgan fingerprint density at radius 1 is 1.17 bits per heavy atom. The maximum Gasteiger partial charge on any atom is 0.229 e. The molecule has 3 heterocycles. The predicted molar refractivity (Wildman–Crippen MR) is 110 cm³/mol. The van der Waals surface area contributed by atoms with E-state index in [-0.39, 0.29) is 35.3 Å². The average Bonchev–Trinajstić information content (AvgIpc) is 3.12. The number of benzene rings is 1. The monoisotopic (exact) mass is 492 g/mol. The number of H-pyrrole nitrogens is 1. The van der Waals surface area contributed by atoms with E-state index in [0.29, 0.717) is 51.5 Å². The highest BCUT2D eigenvalue weighted by molar-refractivity contribution is 9.10. The van der Waals surface area contributed by atoms with Crippen LogP contribution in [-0.4, -0.2) is 53.0 Å². The molecule has 4 N–H and O–H groups in total. The minimum atomic E-state index is -0.259. The molecule has 0 radical (unpaired) electrons. The van der Waals surface area contributed by atoms with Crippen molar-refractivity contribution in [2.75, 3.05) is 6.54 Å². The van der Waals surface area contributed by atoms with Gasteiger partial charge in [0, 0.05) is 35.3 Å². The molecule has 2 aromatic heterocycles. The van der Waals surface area contributed by atoms with Crippen molar-refractivity contribution in [2.45, 2.75) is 35.9 Å². The summed E-state index contributed by atoms with van der Waals surface area (Å²) >= 11 is 4.53. The zero-order valence-electron chi connectivity index (χ0n) is 15.6. The van der Waals surface area contributed by atoms with E-state index in [1.165, 1.54) is 35.1 Å². The second-order valence-electron chi connectivity index (χ2n) is 6.69. The molecule has 1 aliphatic rings. The molecule has 0 bridgehead atoms. The fourth-order valence-corrected chi connectivity index (χ4v) is 4.54. The number of likely N-dealkylation sites (tertiary alicyclic amines) is 1. The molecule has 0 spiro atoms. The predicted octanol–water partition coefficient (Wildman–Crippen LogP) is 2.10. The second-order valence-corrected chi connectivity index (χ2v) is 8.58. The number of aromatic hydroxyl groups is 2. The largest absolute Gasteiger partial charge is 0.504 e. The maximum absolute atomic E-state index is 12.0. The summed E-state index contributed by atoms with van der Waals surface area (Å²) in [7, 11) is 0. The Balaban J connectivity index is 1.62. The molecule has 3 aromatic rings. The number of hydrogen-bond acceptors (Lipinski definition) is 8. The number of nitrogens with one attached hydrogen (secondary N) is 2. The molecule has 4 rings (SSSR count). The summed E-state index contributed by atoms with van der Waals surface area (Å²) in [5, 5.41) is 27.8. The van der Waals surface area contributed by atoms with Crippen molar-refractivity contribution in [3.8, 4) is 11.5 Å². The van der Waals surface area contributed by atoms with Gasteiger partial charge >= 0.3 is 0 Å². The number of imide groups is 1. The first-order chi connectivity index (χ1) is 14.3. The summed E-state index contributed by atoms with van der Waals surface area (Å²) in [5.74, 6) is -0.856. The Kier molecular flexibility index (Phi) is 5.52. The number of carbonyl (C=O) groups is 2. The van der Waals surface area contributed by atoms with Crippen molar-refractivity contribution in [3.05, 3.63) is 28.4 Å². The maximum atomic E-state index is 12.0. The van der Waals surface area contributed by atoms with Crippen LogP contribution in [0.5, 0.6) is 11.5 Å². The summed E-state index contributed by atoms with van der Waals surface area (Å²) < 4.78 is 2.26. The van der Waals surface area contributed by atoms with Crippen LogP contribution in [0.1, 0.15) is 19.3 Å². The summed E-state index contributed by atoms with van der Waals surface area (Å²) in [5.41, 5.74) is 0.891. The molecule has 30 heavy (non-hydrogen) atoms. The Morgan fingerprint density at radius 3 is 2.60 bits per heavy atom. The van der Waals surface area contributed by atoms with Crippen LogP contribution in [0.15, 0.2) is 33.0 Å². The number of fused-ring (bicyclic) bond motifs is 1. The number of hydrogen-bond donors (Lipinski definition) is 4. The van der Waals surface area contributed by atoms with Gasteiger partial charge in [-0.05, 0) is 34.5 Å². The van der Waals surface area contributed by atoms with Gasteiger partial charge in [0.15, 0.2) is 27.8 Å². The Hall–Kier alpha value is -2.86. The molecule has 1 saturated heterocycles. The van der Waals surface area contributed by atoms with Crippen LogP contribution in [-0.2, 0) is 16.1 Å². The lowest BCUT2D eigenvalue weighted by Gasteiger charge is -2.25. The number of rotatable bonds is 5. The van der Waals surface area contributed by atoms with E-state index in [0.717, 1.165) is 0 Å². The normalized spacial score (nSPS) is 14.6. The fraction of sp³-hybridized carbons (Fsp3) is 0.278. The number of aromatic amines is 1. The number of piperidine rings is 1. The smallest absolute Gasteiger partial charge is 0.229 e. The minimum Gasteiger partial charge on any atom is -0.504 e. The Labute approximate surface area is 182 Å². The molecule has 1 aromatic carbocycles. The lowest BCUT2D eigenvalue weighted by Crippen LogP contribution is -2.41. The third kappa shape index (κ3) is 3.92. The van der Waals surface area contributed by atoms with Gasteiger partial charge in [0.2, 0.25) is 11.8 Å². The molecule has 1 aliphatic heterocycles. The van der Waals surface area contributed by atoms with Crippen molar-refractivity contribution in [2.24, 2.45) is 0 Å². The van der Waals surface area contributed by atoms with Crippen LogP contribution in [0.4, 0.5) is 0 Å². The zero-order valence-corrected chi connectivity index (χ0v) is 18.0. The van der Waals surface area contributed by atoms with Gasteiger partial charge < -0.3 is 19.8 Å². The van der Waals surface area contributed by atoms with Crippen molar-refractivity contribution >= 4 is 50.7 Å². The van der Waals surface area contributed by atoms with Crippen molar-refractivity contribution in [1.82, 2.24) is 24.4 Å². The summed E-state index contributed by atoms with van der Waals surface area (Å²) in [6.45, 7) is 0.517. The van der Waals surface area contributed by atoms with E-state index in [4.69, 9.17) is 5.41 Å². The van der Waals surface area contributed by atoms with Gasteiger partial charge in [-0.2, -0.15) is 0 Å². The Morgan fingerprint density at radius 2 is 1.87 bits per heavy atom.